The molecule has 3 aliphatic carbocycles. The van der Waals surface area contributed by atoms with Crippen LogP contribution in [-0.2, 0) is 4.79 Å². The van der Waals surface area contributed by atoms with Gasteiger partial charge in [-0.05, 0) is 50.4 Å². The molecule has 4 aliphatic rings. The maximum Gasteiger partial charge on any atom is 0.244 e. The quantitative estimate of drug-likeness (QED) is 0.790. The second-order valence-corrected chi connectivity index (χ2v) is 8.11. The third-order valence-electron chi connectivity index (χ3n) is 6.64. The topological polar surface area (TPSA) is 32.3 Å². The van der Waals surface area contributed by atoms with Crippen molar-refractivity contribution in [2.24, 2.45) is 11.8 Å². The Hall–Kier alpha value is -0.570. The Balaban J connectivity index is 1.60. The summed E-state index contributed by atoms with van der Waals surface area (Å²) in [6.45, 7) is 2.38. The van der Waals surface area contributed by atoms with Crippen LogP contribution in [0.4, 0.5) is 0 Å². The summed E-state index contributed by atoms with van der Waals surface area (Å²) in [4.78, 5) is 15.4. The summed E-state index contributed by atoms with van der Waals surface area (Å²) < 4.78 is 0. The highest BCUT2D eigenvalue weighted by atomic mass is 16.2. The lowest BCUT2D eigenvalue weighted by molar-refractivity contribution is -0.135. The third kappa shape index (κ3) is 2.32. The highest BCUT2D eigenvalue weighted by Crippen LogP contribution is 2.47. The number of amides is 1. The zero-order valence-corrected chi connectivity index (χ0v) is 13.4. The van der Waals surface area contributed by atoms with Crippen molar-refractivity contribution in [1.29, 1.82) is 0 Å². The average Bonchev–Trinajstić information content (AvgIpc) is 3.03. The molecule has 1 heterocycles. The van der Waals surface area contributed by atoms with Gasteiger partial charge in [0.25, 0.3) is 0 Å². The molecule has 0 bridgehead atoms. The largest absolute Gasteiger partial charge is 0.322 e. The lowest BCUT2D eigenvalue weighted by atomic mass is 9.93. The second kappa shape index (κ2) is 5.26. The van der Waals surface area contributed by atoms with Crippen LogP contribution in [0.15, 0.2) is 0 Å². The van der Waals surface area contributed by atoms with E-state index < -0.39 is 0 Å². The Morgan fingerprint density at radius 3 is 2.38 bits per heavy atom. The normalized spacial score (nSPS) is 40.0. The number of rotatable bonds is 2. The van der Waals surface area contributed by atoms with Crippen LogP contribution < -0.4 is 5.32 Å². The first-order valence-electron chi connectivity index (χ1n) is 9.32. The third-order valence-corrected chi connectivity index (χ3v) is 6.64. The fraction of sp³-hybridized carbons (Fsp3) is 0.944. The molecular formula is C18H30N2O. The average molecular weight is 290 g/mol. The van der Waals surface area contributed by atoms with Gasteiger partial charge >= 0.3 is 0 Å². The number of carbonyl (C=O) groups is 1. The predicted octanol–water partition coefficient (Wildman–Crippen LogP) is 3.44. The van der Waals surface area contributed by atoms with Crippen LogP contribution in [0, 0.1) is 11.8 Å². The van der Waals surface area contributed by atoms with E-state index in [0.717, 1.165) is 12.8 Å². The maximum absolute atomic E-state index is 13.1. The molecule has 4 fully saturated rings. The van der Waals surface area contributed by atoms with Gasteiger partial charge in [-0.15, -0.1) is 0 Å². The maximum atomic E-state index is 13.1. The molecule has 1 spiro atoms. The SMILES string of the molecule is CC1CCCCCC1N1C(=O)C2(CC2)NC1C1CCCC1. The second-order valence-electron chi connectivity index (χ2n) is 8.11. The Morgan fingerprint density at radius 2 is 1.67 bits per heavy atom. The van der Waals surface area contributed by atoms with E-state index in [1.54, 1.807) is 0 Å². The van der Waals surface area contributed by atoms with E-state index in [9.17, 15) is 4.79 Å². The van der Waals surface area contributed by atoms with E-state index in [2.05, 4.69) is 17.1 Å². The molecule has 118 valence electrons. The van der Waals surface area contributed by atoms with Gasteiger partial charge in [-0.3, -0.25) is 10.1 Å². The molecule has 3 heteroatoms. The summed E-state index contributed by atoms with van der Waals surface area (Å²) >= 11 is 0. The van der Waals surface area contributed by atoms with Gasteiger partial charge in [0.1, 0.15) is 0 Å². The van der Waals surface area contributed by atoms with Crippen LogP contribution in [0.25, 0.3) is 0 Å². The van der Waals surface area contributed by atoms with Gasteiger partial charge in [0.2, 0.25) is 5.91 Å². The fourth-order valence-electron chi connectivity index (χ4n) is 5.13. The van der Waals surface area contributed by atoms with Crippen molar-refractivity contribution in [2.75, 3.05) is 0 Å². The first kappa shape index (κ1) is 14.0. The Kier molecular flexibility index (Phi) is 3.52. The van der Waals surface area contributed by atoms with Crippen LogP contribution in [-0.4, -0.2) is 28.6 Å². The van der Waals surface area contributed by atoms with Crippen LogP contribution in [0.2, 0.25) is 0 Å². The van der Waals surface area contributed by atoms with E-state index in [1.165, 1.54) is 57.8 Å². The van der Waals surface area contributed by atoms with Gasteiger partial charge in [0.15, 0.2) is 0 Å². The van der Waals surface area contributed by atoms with Crippen molar-refractivity contribution in [3.8, 4) is 0 Å². The lowest BCUT2D eigenvalue weighted by Crippen LogP contribution is -2.50. The zero-order chi connectivity index (χ0) is 14.4. The predicted molar refractivity (Wildman–Crippen MR) is 83.7 cm³/mol. The van der Waals surface area contributed by atoms with Gasteiger partial charge in [-0.1, -0.05) is 39.0 Å². The molecular weight excluding hydrogens is 260 g/mol. The van der Waals surface area contributed by atoms with E-state index in [-0.39, 0.29) is 5.54 Å². The van der Waals surface area contributed by atoms with Crippen molar-refractivity contribution >= 4 is 5.91 Å². The number of hydrogen-bond acceptors (Lipinski definition) is 2. The molecule has 3 unspecified atom stereocenters. The molecule has 3 atom stereocenters. The number of hydrogen-bond donors (Lipinski definition) is 1. The summed E-state index contributed by atoms with van der Waals surface area (Å²) in [5.41, 5.74) is -0.126. The standard InChI is InChI=1S/C18H30N2O/c1-13-7-3-2-4-10-15(13)20-16(14-8-5-6-9-14)19-18(11-12-18)17(20)21/h13-16,19H,2-12H2,1H3. The molecule has 0 aromatic rings. The van der Waals surface area contributed by atoms with Crippen molar-refractivity contribution in [3.63, 3.8) is 0 Å². The molecule has 0 radical (unpaired) electrons. The lowest BCUT2D eigenvalue weighted by Gasteiger charge is -2.38. The highest BCUT2D eigenvalue weighted by molar-refractivity contribution is 5.92. The Bertz CT molecular complexity index is 411. The fourth-order valence-corrected chi connectivity index (χ4v) is 5.13. The van der Waals surface area contributed by atoms with Gasteiger partial charge in [-0.2, -0.15) is 0 Å². The van der Waals surface area contributed by atoms with E-state index in [4.69, 9.17) is 0 Å². The smallest absolute Gasteiger partial charge is 0.244 e. The molecule has 1 amide bonds. The summed E-state index contributed by atoms with van der Waals surface area (Å²) in [5.74, 6) is 1.85. The Labute approximate surface area is 128 Å². The minimum absolute atomic E-state index is 0.126. The van der Waals surface area contributed by atoms with Crippen LogP contribution in [0.5, 0.6) is 0 Å². The minimum atomic E-state index is -0.126. The van der Waals surface area contributed by atoms with Gasteiger partial charge in [-0.25, -0.2) is 0 Å². The molecule has 1 N–H and O–H groups in total. The van der Waals surface area contributed by atoms with Gasteiger partial charge in [0, 0.05) is 6.04 Å². The van der Waals surface area contributed by atoms with Crippen LogP contribution >= 0.6 is 0 Å². The Morgan fingerprint density at radius 1 is 1.00 bits per heavy atom. The molecule has 1 aliphatic heterocycles. The number of nitrogens with zero attached hydrogens (tertiary/aromatic N) is 1. The van der Waals surface area contributed by atoms with Crippen LogP contribution in [0.1, 0.15) is 77.6 Å². The summed E-state index contributed by atoms with van der Waals surface area (Å²) in [6, 6.07) is 0.498. The zero-order valence-electron chi connectivity index (χ0n) is 13.4. The van der Waals surface area contributed by atoms with E-state index >= 15 is 0 Å². The van der Waals surface area contributed by atoms with Crippen LogP contribution in [0.3, 0.4) is 0 Å². The molecule has 0 aromatic heterocycles. The summed E-state index contributed by atoms with van der Waals surface area (Å²) in [7, 11) is 0. The first-order valence-corrected chi connectivity index (χ1v) is 9.32. The summed E-state index contributed by atoms with van der Waals surface area (Å²) in [6.07, 6.45) is 14.4. The molecule has 4 rings (SSSR count). The van der Waals surface area contributed by atoms with Crippen molar-refractivity contribution in [2.45, 2.75) is 95.3 Å². The molecule has 0 aromatic carbocycles. The molecule has 3 saturated carbocycles. The van der Waals surface area contributed by atoms with E-state index in [1.807, 2.05) is 0 Å². The number of nitrogens with one attached hydrogen (secondary N) is 1. The number of carbonyl (C=O) groups excluding carboxylic acids is 1. The monoisotopic (exact) mass is 290 g/mol. The minimum Gasteiger partial charge on any atom is -0.322 e. The van der Waals surface area contributed by atoms with Crippen molar-refractivity contribution in [1.82, 2.24) is 10.2 Å². The van der Waals surface area contributed by atoms with Gasteiger partial charge in [0.05, 0.1) is 11.7 Å². The summed E-state index contributed by atoms with van der Waals surface area (Å²) in [5, 5.41) is 3.80. The molecule has 1 saturated heterocycles. The van der Waals surface area contributed by atoms with Crippen molar-refractivity contribution < 1.29 is 4.79 Å². The highest BCUT2D eigenvalue weighted by Gasteiger charge is 2.61. The first-order chi connectivity index (χ1) is 10.2. The van der Waals surface area contributed by atoms with Crippen molar-refractivity contribution in [3.05, 3.63) is 0 Å². The molecule has 3 nitrogen and oxygen atoms in total. The van der Waals surface area contributed by atoms with E-state index in [0.29, 0.717) is 30.0 Å². The van der Waals surface area contributed by atoms with Gasteiger partial charge < -0.3 is 4.90 Å². The molecule has 21 heavy (non-hydrogen) atoms.